The minimum Gasteiger partial charge on any atom is -0.497 e. The molecule has 1 aromatic carbocycles. The van der Waals surface area contributed by atoms with E-state index in [-0.39, 0.29) is 24.9 Å². The Bertz CT molecular complexity index is 919. The summed E-state index contributed by atoms with van der Waals surface area (Å²) in [7, 11) is 3.06. The van der Waals surface area contributed by atoms with Crippen molar-refractivity contribution >= 4 is 17.8 Å². The minimum atomic E-state index is -0.842. The van der Waals surface area contributed by atoms with Gasteiger partial charge in [-0.1, -0.05) is 23.8 Å². The monoisotopic (exact) mass is 445 g/mol. The van der Waals surface area contributed by atoms with E-state index in [9.17, 15) is 9.59 Å². The molecule has 1 fully saturated rings. The van der Waals surface area contributed by atoms with Gasteiger partial charge in [0.2, 0.25) is 0 Å². The van der Waals surface area contributed by atoms with Gasteiger partial charge in [0.15, 0.2) is 18.4 Å². The van der Waals surface area contributed by atoms with Crippen molar-refractivity contribution in [3.8, 4) is 11.5 Å². The number of ketones is 1. The largest absolute Gasteiger partial charge is 0.497 e. The number of benzene rings is 1. The van der Waals surface area contributed by atoms with Crippen molar-refractivity contribution in [1.82, 2.24) is 5.32 Å². The highest BCUT2D eigenvalue weighted by atomic mass is 16.8. The van der Waals surface area contributed by atoms with Crippen LogP contribution in [0, 0.1) is 0 Å². The molecule has 2 aliphatic heterocycles. The first-order valence-corrected chi connectivity index (χ1v) is 10.6. The number of methoxy groups -OCH3 is 2. The summed E-state index contributed by atoms with van der Waals surface area (Å²) in [4.78, 5) is 25.9. The van der Waals surface area contributed by atoms with Crippen LogP contribution in [0.2, 0.25) is 0 Å². The molecule has 0 spiro atoms. The molecular weight excluding hydrogens is 414 g/mol. The fraction of sp³-hybridized carbons (Fsp3) is 0.500. The fourth-order valence-electron chi connectivity index (χ4n) is 3.72. The Hall–Kier alpha value is -2.68. The van der Waals surface area contributed by atoms with Gasteiger partial charge in [-0.2, -0.15) is 0 Å². The maximum absolute atomic E-state index is 13.1. The molecular formula is C24H31NO7. The lowest BCUT2D eigenvalue weighted by Gasteiger charge is -2.17. The highest BCUT2D eigenvalue weighted by molar-refractivity contribution is 6.01. The van der Waals surface area contributed by atoms with Crippen LogP contribution in [0.3, 0.4) is 0 Å². The van der Waals surface area contributed by atoms with Crippen molar-refractivity contribution in [3.63, 3.8) is 0 Å². The van der Waals surface area contributed by atoms with Crippen LogP contribution in [0.25, 0.3) is 6.08 Å². The first-order valence-electron chi connectivity index (χ1n) is 10.6. The molecule has 1 saturated heterocycles. The van der Waals surface area contributed by atoms with Crippen LogP contribution in [-0.2, 0) is 19.0 Å². The zero-order valence-corrected chi connectivity index (χ0v) is 19.2. The molecule has 0 aliphatic carbocycles. The third kappa shape index (κ3) is 5.76. The number of fused-ring (bicyclic) bond motifs is 2. The van der Waals surface area contributed by atoms with E-state index in [0.29, 0.717) is 35.6 Å². The molecule has 174 valence electrons. The molecule has 1 N–H and O–H groups in total. The topological polar surface area (TPSA) is 92.3 Å². The third-order valence-corrected chi connectivity index (χ3v) is 5.25. The summed E-state index contributed by atoms with van der Waals surface area (Å²) in [6.07, 6.45) is 5.07. The summed E-state index contributed by atoms with van der Waals surface area (Å²) < 4.78 is 28.0. The van der Waals surface area contributed by atoms with Crippen molar-refractivity contribution < 1.29 is 33.3 Å². The Balaban J connectivity index is 2.03. The van der Waals surface area contributed by atoms with E-state index in [0.717, 1.165) is 5.57 Å². The van der Waals surface area contributed by atoms with Crippen LogP contribution in [-0.4, -0.2) is 57.2 Å². The second-order valence-electron chi connectivity index (χ2n) is 8.28. The number of carbonyl (C=O) groups is 2. The molecule has 0 aromatic heterocycles. The SMILES string of the molecule is COCOc1cc(OC)cc2c1C(=O)NCC(C)=CCC(=O)[C@H]1OC(C)(C)O[C@H]1CC=C2. The van der Waals surface area contributed by atoms with Crippen LogP contribution in [0.4, 0.5) is 0 Å². The van der Waals surface area contributed by atoms with Crippen molar-refractivity contribution in [2.75, 3.05) is 27.6 Å². The summed E-state index contributed by atoms with van der Waals surface area (Å²) in [5.74, 6) is -0.292. The summed E-state index contributed by atoms with van der Waals surface area (Å²) in [5, 5.41) is 2.90. The summed E-state index contributed by atoms with van der Waals surface area (Å²) >= 11 is 0. The number of amides is 1. The van der Waals surface area contributed by atoms with Gasteiger partial charge in [0.25, 0.3) is 5.91 Å². The Morgan fingerprint density at radius 2 is 1.97 bits per heavy atom. The van der Waals surface area contributed by atoms with E-state index in [1.807, 2.05) is 25.2 Å². The van der Waals surface area contributed by atoms with Crippen molar-refractivity contribution in [2.24, 2.45) is 0 Å². The Morgan fingerprint density at radius 3 is 2.69 bits per heavy atom. The zero-order chi connectivity index (χ0) is 23.3. The first kappa shape index (κ1) is 24.0. The number of ether oxygens (including phenoxy) is 5. The van der Waals surface area contributed by atoms with E-state index in [2.05, 4.69) is 5.32 Å². The first-order chi connectivity index (χ1) is 15.2. The Kier molecular flexibility index (Phi) is 7.71. The summed E-state index contributed by atoms with van der Waals surface area (Å²) in [6.45, 7) is 5.75. The molecule has 0 unspecified atom stereocenters. The summed E-state index contributed by atoms with van der Waals surface area (Å²) in [5.41, 5.74) is 1.86. The number of hydrogen-bond acceptors (Lipinski definition) is 7. The van der Waals surface area contributed by atoms with Crippen LogP contribution in [0.5, 0.6) is 11.5 Å². The number of nitrogens with one attached hydrogen (secondary N) is 1. The van der Waals surface area contributed by atoms with E-state index in [1.54, 1.807) is 33.1 Å². The normalized spacial score (nSPS) is 23.5. The van der Waals surface area contributed by atoms with E-state index < -0.39 is 18.0 Å². The van der Waals surface area contributed by atoms with E-state index >= 15 is 0 Å². The quantitative estimate of drug-likeness (QED) is 0.562. The standard InChI is InChI=1S/C24H31NO7/c1-15-9-10-18(26)22-19(31-24(2,3)32-22)8-6-7-16-11-17(29-5)12-20(30-14-28-4)21(16)23(27)25-13-15/h6-7,9,11-12,19,22H,8,10,13-14H2,1-5H3,(H,25,27)/t19-,22+/m0/s1. The fourth-order valence-corrected chi connectivity index (χ4v) is 3.72. The molecule has 3 rings (SSSR count). The van der Waals surface area contributed by atoms with Gasteiger partial charge >= 0.3 is 0 Å². The average molecular weight is 446 g/mol. The maximum atomic E-state index is 13.1. The number of hydrogen-bond donors (Lipinski definition) is 1. The smallest absolute Gasteiger partial charge is 0.255 e. The van der Waals surface area contributed by atoms with Gasteiger partial charge in [-0.3, -0.25) is 9.59 Å². The van der Waals surface area contributed by atoms with E-state index in [1.165, 1.54) is 7.11 Å². The zero-order valence-electron chi connectivity index (χ0n) is 19.2. The molecule has 2 aliphatic rings. The predicted octanol–water partition coefficient (Wildman–Crippen LogP) is 3.25. The summed E-state index contributed by atoms with van der Waals surface area (Å²) in [6, 6.07) is 3.42. The second-order valence-corrected chi connectivity index (χ2v) is 8.28. The van der Waals surface area contributed by atoms with Crippen LogP contribution >= 0.6 is 0 Å². The molecule has 32 heavy (non-hydrogen) atoms. The van der Waals surface area contributed by atoms with Gasteiger partial charge in [0, 0.05) is 26.1 Å². The van der Waals surface area contributed by atoms with Crippen LogP contribution in [0.15, 0.2) is 29.9 Å². The minimum absolute atomic E-state index is 0.0122. The molecule has 1 aromatic rings. The lowest BCUT2D eigenvalue weighted by molar-refractivity contribution is -0.154. The highest BCUT2D eigenvalue weighted by Crippen LogP contribution is 2.33. The van der Waals surface area contributed by atoms with Gasteiger partial charge in [-0.25, -0.2) is 0 Å². The van der Waals surface area contributed by atoms with Crippen molar-refractivity contribution in [2.45, 2.75) is 51.6 Å². The molecule has 8 heteroatoms. The molecule has 0 radical (unpaired) electrons. The van der Waals surface area contributed by atoms with Gasteiger partial charge in [0.1, 0.15) is 17.6 Å². The third-order valence-electron chi connectivity index (χ3n) is 5.25. The molecule has 8 nitrogen and oxygen atoms in total. The lowest BCUT2D eigenvalue weighted by atomic mass is 10.00. The molecule has 1 amide bonds. The van der Waals surface area contributed by atoms with Crippen LogP contribution in [0.1, 0.15) is 49.5 Å². The van der Waals surface area contributed by atoms with Crippen LogP contribution < -0.4 is 14.8 Å². The molecule has 2 atom stereocenters. The van der Waals surface area contributed by atoms with Gasteiger partial charge in [-0.15, -0.1) is 0 Å². The Labute approximate surface area is 188 Å². The Morgan fingerprint density at radius 1 is 1.19 bits per heavy atom. The number of Topliss-reactive ketones (excluding diaryl/α,β-unsaturated/α-hetero) is 1. The maximum Gasteiger partial charge on any atom is 0.255 e. The number of allylic oxidation sites excluding steroid dienone is 1. The van der Waals surface area contributed by atoms with Crippen molar-refractivity contribution in [1.29, 1.82) is 0 Å². The van der Waals surface area contributed by atoms with Gasteiger partial charge < -0.3 is 29.0 Å². The molecule has 0 saturated carbocycles. The second kappa shape index (κ2) is 10.3. The van der Waals surface area contributed by atoms with E-state index in [4.69, 9.17) is 23.7 Å². The molecule has 2 heterocycles. The average Bonchev–Trinajstić information content (AvgIpc) is 3.07. The van der Waals surface area contributed by atoms with Gasteiger partial charge in [-0.05, 0) is 38.8 Å². The predicted molar refractivity (Wildman–Crippen MR) is 119 cm³/mol. The van der Waals surface area contributed by atoms with Crippen molar-refractivity contribution in [3.05, 3.63) is 41.0 Å². The number of rotatable bonds is 4. The lowest BCUT2D eigenvalue weighted by Crippen LogP contribution is -2.31. The van der Waals surface area contributed by atoms with Gasteiger partial charge in [0.05, 0.1) is 18.8 Å². The number of carbonyl (C=O) groups excluding carboxylic acids is 2. The molecule has 0 bridgehead atoms. The highest BCUT2D eigenvalue weighted by Gasteiger charge is 2.43.